The molecule has 3 unspecified atom stereocenters. The van der Waals surface area contributed by atoms with Gasteiger partial charge >= 0.3 is 0 Å². The molecule has 2 saturated heterocycles. The zero-order chi connectivity index (χ0) is 17.6. The lowest BCUT2D eigenvalue weighted by Gasteiger charge is -2.35. The Kier molecular flexibility index (Phi) is 6.49. The SMILES string of the molecule is CC1CC(C)CN(Cc2ccccc2CNC(=O)CC2CCCN2)C1. The number of benzene rings is 1. The Bertz CT molecular complexity index is 558. The van der Waals surface area contributed by atoms with Crippen LogP contribution in [0.25, 0.3) is 0 Å². The molecular formula is C21H33N3O. The molecule has 3 atom stereocenters. The summed E-state index contributed by atoms with van der Waals surface area (Å²) in [7, 11) is 0. The number of rotatable bonds is 6. The molecule has 2 aliphatic rings. The normalized spacial score (nSPS) is 27.4. The predicted octanol–water partition coefficient (Wildman–Crippen LogP) is 2.92. The predicted molar refractivity (Wildman–Crippen MR) is 102 cm³/mol. The molecule has 2 aliphatic heterocycles. The zero-order valence-corrected chi connectivity index (χ0v) is 15.8. The van der Waals surface area contributed by atoms with Crippen molar-refractivity contribution in [2.45, 2.75) is 58.7 Å². The van der Waals surface area contributed by atoms with Gasteiger partial charge in [-0.05, 0) is 48.8 Å². The molecule has 1 aromatic carbocycles. The van der Waals surface area contributed by atoms with Crippen LogP contribution < -0.4 is 10.6 Å². The second kappa shape index (κ2) is 8.81. The highest BCUT2D eigenvalue weighted by Crippen LogP contribution is 2.23. The van der Waals surface area contributed by atoms with Crippen molar-refractivity contribution in [2.75, 3.05) is 19.6 Å². The number of hydrogen-bond acceptors (Lipinski definition) is 3. The van der Waals surface area contributed by atoms with E-state index < -0.39 is 0 Å². The van der Waals surface area contributed by atoms with E-state index in [9.17, 15) is 4.79 Å². The summed E-state index contributed by atoms with van der Waals surface area (Å²) in [4.78, 5) is 14.8. The molecule has 0 aliphatic carbocycles. The fraction of sp³-hybridized carbons (Fsp3) is 0.667. The molecule has 0 aromatic heterocycles. The summed E-state index contributed by atoms with van der Waals surface area (Å²) in [5.41, 5.74) is 2.60. The molecule has 0 radical (unpaired) electrons. The van der Waals surface area contributed by atoms with E-state index in [2.05, 4.69) is 53.6 Å². The molecule has 2 heterocycles. The maximum absolute atomic E-state index is 12.2. The van der Waals surface area contributed by atoms with Crippen LogP contribution in [0.1, 0.15) is 50.7 Å². The van der Waals surface area contributed by atoms with Crippen LogP contribution in [0.2, 0.25) is 0 Å². The van der Waals surface area contributed by atoms with Gasteiger partial charge < -0.3 is 10.6 Å². The first-order chi connectivity index (χ1) is 12.1. The van der Waals surface area contributed by atoms with E-state index in [0.29, 0.717) is 19.0 Å². The summed E-state index contributed by atoms with van der Waals surface area (Å²) in [5.74, 6) is 1.71. The molecule has 1 amide bonds. The average Bonchev–Trinajstić information content (AvgIpc) is 3.06. The van der Waals surface area contributed by atoms with Crippen molar-refractivity contribution in [3.63, 3.8) is 0 Å². The van der Waals surface area contributed by atoms with Gasteiger partial charge in [0.15, 0.2) is 0 Å². The van der Waals surface area contributed by atoms with E-state index in [-0.39, 0.29) is 5.91 Å². The lowest BCUT2D eigenvalue weighted by Crippen LogP contribution is -2.38. The Balaban J connectivity index is 1.54. The number of carbonyl (C=O) groups excluding carboxylic acids is 1. The standard InChI is InChI=1S/C21H33N3O/c1-16-10-17(2)14-24(13-16)15-19-7-4-3-6-18(19)12-23-21(25)11-20-8-5-9-22-20/h3-4,6-7,16-17,20,22H,5,8-15H2,1-2H3,(H,23,25). The Morgan fingerprint density at radius 1 is 1.20 bits per heavy atom. The first-order valence-electron chi connectivity index (χ1n) is 9.89. The number of nitrogens with zero attached hydrogens (tertiary/aromatic N) is 1. The first-order valence-corrected chi connectivity index (χ1v) is 9.89. The minimum absolute atomic E-state index is 0.162. The molecule has 138 valence electrons. The van der Waals surface area contributed by atoms with Crippen LogP contribution in [0.5, 0.6) is 0 Å². The van der Waals surface area contributed by atoms with Crippen molar-refractivity contribution in [3.8, 4) is 0 Å². The van der Waals surface area contributed by atoms with Crippen molar-refractivity contribution >= 4 is 5.91 Å². The minimum Gasteiger partial charge on any atom is -0.352 e. The molecule has 25 heavy (non-hydrogen) atoms. The van der Waals surface area contributed by atoms with Crippen LogP contribution in [0.15, 0.2) is 24.3 Å². The minimum atomic E-state index is 0.162. The van der Waals surface area contributed by atoms with Crippen LogP contribution in [-0.4, -0.2) is 36.5 Å². The molecule has 2 fully saturated rings. The highest BCUT2D eigenvalue weighted by Gasteiger charge is 2.22. The van der Waals surface area contributed by atoms with Crippen LogP contribution in [0, 0.1) is 11.8 Å². The number of likely N-dealkylation sites (tertiary alicyclic amines) is 1. The Labute approximate surface area is 152 Å². The molecule has 1 aromatic rings. The van der Waals surface area contributed by atoms with Gasteiger partial charge in [-0.15, -0.1) is 0 Å². The highest BCUT2D eigenvalue weighted by molar-refractivity contribution is 5.76. The summed E-state index contributed by atoms with van der Waals surface area (Å²) in [5, 5.41) is 6.52. The van der Waals surface area contributed by atoms with E-state index >= 15 is 0 Å². The monoisotopic (exact) mass is 343 g/mol. The second-order valence-corrected chi connectivity index (χ2v) is 8.18. The number of carbonyl (C=O) groups is 1. The molecular weight excluding hydrogens is 310 g/mol. The van der Waals surface area contributed by atoms with E-state index in [1.807, 2.05) is 0 Å². The van der Waals surface area contributed by atoms with Crippen molar-refractivity contribution in [1.82, 2.24) is 15.5 Å². The third-order valence-electron chi connectivity index (χ3n) is 5.53. The molecule has 4 heteroatoms. The number of piperidine rings is 1. The maximum Gasteiger partial charge on any atom is 0.221 e. The quantitative estimate of drug-likeness (QED) is 0.835. The third-order valence-corrected chi connectivity index (χ3v) is 5.53. The van der Waals surface area contributed by atoms with Crippen LogP contribution in [0.4, 0.5) is 0 Å². The van der Waals surface area contributed by atoms with Crippen molar-refractivity contribution < 1.29 is 4.79 Å². The van der Waals surface area contributed by atoms with Crippen molar-refractivity contribution in [2.24, 2.45) is 11.8 Å². The molecule has 2 N–H and O–H groups in total. The van der Waals surface area contributed by atoms with Gasteiger partial charge in [0.1, 0.15) is 0 Å². The highest BCUT2D eigenvalue weighted by atomic mass is 16.1. The van der Waals surface area contributed by atoms with Gasteiger partial charge in [-0.2, -0.15) is 0 Å². The van der Waals surface area contributed by atoms with E-state index in [1.165, 1.54) is 37.1 Å². The van der Waals surface area contributed by atoms with Crippen LogP contribution in [-0.2, 0) is 17.9 Å². The summed E-state index contributed by atoms with van der Waals surface area (Å²) in [6, 6.07) is 8.92. The topological polar surface area (TPSA) is 44.4 Å². The molecule has 3 rings (SSSR count). The Morgan fingerprint density at radius 3 is 2.60 bits per heavy atom. The fourth-order valence-corrected chi connectivity index (χ4v) is 4.47. The number of hydrogen-bond donors (Lipinski definition) is 2. The summed E-state index contributed by atoms with van der Waals surface area (Å²) in [6.45, 7) is 9.74. The van der Waals surface area contributed by atoms with E-state index in [0.717, 1.165) is 31.3 Å². The summed E-state index contributed by atoms with van der Waals surface area (Å²) < 4.78 is 0. The van der Waals surface area contributed by atoms with E-state index in [4.69, 9.17) is 0 Å². The number of amides is 1. The largest absolute Gasteiger partial charge is 0.352 e. The molecule has 0 bridgehead atoms. The Morgan fingerprint density at radius 2 is 1.92 bits per heavy atom. The van der Waals surface area contributed by atoms with Crippen LogP contribution >= 0.6 is 0 Å². The third kappa shape index (κ3) is 5.55. The lowest BCUT2D eigenvalue weighted by atomic mass is 9.91. The molecule has 4 nitrogen and oxygen atoms in total. The smallest absolute Gasteiger partial charge is 0.221 e. The first kappa shape index (κ1) is 18.4. The van der Waals surface area contributed by atoms with Crippen molar-refractivity contribution in [3.05, 3.63) is 35.4 Å². The molecule has 0 spiro atoms. The maximum atomic E-state index is 12.2. The van der Waals surface area contributed by atoms with Gasteiger partial charge in [0.25, 0.3) is 0 Å². The lowest BCUT2D eigenvalue weighted by molar-refractivity contribution is -0.121. The van der Waals surface area contributed by atoms with E-state index in [1.54, 1.807) is 0 Å². The Hall–Kier alpha value is -1.39. The summed E-state index contributed by atoms with van der Waals surface area (Å²) in [6.07, 6.45) is 4.25. The van der Waals surface area contributed by atoms with Gasteiger partial charge in [0.2, 0.25) is 5.91 Å². The van der Waals surface area contributed by atoms with Gasteiger partial charge in [-0.1, -0.05) is 38.1 Å². The van der Waals surface area contributed by atoms with Crippen LogP contribution in [0.3, 0.4) is 0 Å². The average molecular weight is 344 g/mol. The van der Waals surface area contributed by atoms with Gasteiger partial charge in [0.05, 0.1) is 0 Å². The fourth-order valence-electron chi connectivity index (χ4n) is 4.47. The van der Waals surface area contributed by atoms with Gasteiger partial charge in [-0.25, -0.2) is 0 Å². The zero-order valence-electron chi connectivity index (χ0n) is 15.8. The summed E-state index contributed by atoms with van der Waals surface area (Å²) >= 11 is 0. The van der Waals surface area contributed by atoms with Gasteiger partial charge in [-0.3, -0.25) is 9.69 Å². The van der Waals surface area contributed by atoms with Gasteiger partial charge in [0, 0.05) is 38.6 Å². The molecule has 0 saturated carbocycles. The second-order valence-electron chi connectivity index (χ2n) is 8.18. The van der Waals surface area contributed by atoms with Crippen molar-refractivity contribution in [1.29, 1.82) is 0 Å². The number of nitrogens with one attached hydrogen (secondary N) is 2.